The maximum absolute atomic E-state index is 12.1. The summed E-state index contributed by atoms with van der Waals surface area (Å²) in [4.78, 5) is 26.2. The van der Waals surface area contributed by atoms with Crippen LogP contribution in [0.5, 0.6) is 0 Å². The van der Waals surface area contributed by atoms with Crippen LogP contribution in [-0.2, 0) is 4.79 Å². The Balaban J connectivity index is 1.52. The number of fused-ring (bicyclic) bond motifs is 1. The number of aryl methyl sites for hydroxylation is 1. The van der Waals surface area contributed by atoms with Crippen LogP contribution in [0.15, 0.2) is 30.6 Å². The zero-order valence-electron chi connectivity index (χ0n) is 18.1. The highest BCUT2D eigenvalue weighted by Crippen LogP contribution is 2.43. The number of aliphatic hydroxyl groups is 1. The molecule has 3 aromatic rings. The van der Waals surface area contributed by atoms with Gasteiger partial charge in [0.15, 0.2) is 0 Å². The number of aliphatic hydroxyl groups excluding tert-OH is 1. The van der Waals surface area contributed by atoms with E-state index in [4.69, 9.17) is 4.98 Å². The number of hydrogen-bond acceptors (Lipinski definition) is 5. The van der Waals surface area contributed by atoms with E-state index in [9.17, 15) is 9.90 Å². The van der Waals surface area contributed by atoms with Crippen molar-refractivity contribution in [3.05, 3.63) is 47.5 Å². The number of hydrogen-bond donors (Lipinski definition) is 2. The molecule has 1 amide bonds. The van der Waals surface area contributed by atoms with Crippen LogP contribution in [0.4, 0.5) is 5.82 Å². The van der Waals surface area contributed by atoms with E-state index in [0.717, 1.165) is 65.4 Å². The fraction of sp³-hybridized carbons (Fsp3) is 0.440. The van der Waals surface area contributed by atoms with Crippen molar-refractivity contribution in [1.29, 1.82) is 0 Å². The molecule has 5 rings (SSSR count). The zero-order chi connectivity index (χ0) is 21.5. The van der Waals surface area contributed by atoms with Crippen molar-refractivity contribution < 1.29 is 9.90 Å². The van der Waals surface area contributed by atoms with Crippen molar-refractivity contribution in [1.82, 2.24) is 15.0 Å². The average molecular weight is 417 g/mol. The monoisotopic (exact) mass is 416 g/mol. The lowest BCUT2D eigenvalue weighted by molar-refractivity contribution is -0.117. The first-order valence-corrected chi connectivity index (χ1v) is 11.3. The molecule has 2 fully saturated rings. The zero-order valence-corrected chi connectivity index (χ0v) is 18.1. The van der Waals surface area contributed by atoms with E-state index in [1.165, 1.54) is 0 Å². The molecule has 3 aromatic heterocycles. The number of aromatic nitrogens is 3. The standard InChI is InChI=1S/C25H28N4O2/c1-3-4-22(30)21-9-14(2)19(13-26-21)20-10-17-12-27-23(29-25(31)16-7-8-16)11-18(17)24(28-20)15-5-6-15/h9-13,15-16,22,30H,3-8H2,1-2H3,(H,27,29,31). The van der Waals surface area contributed by atoms with E-state index in [2.05, 4.69) is 22.2 Å². The SMILES string of the molecule is CCCC(O)c1cc(C)c(-c2cc3cnc(NC(=O)C4CC4)cc3c(C3CC3)n2)cn1. The molecule has 2 saturated carbocycles. The quantitative estimate of drug-likeness (QED) is 0.562. The van der Waals surface area contributed by atoms with Gasteiger partial charge in [-0.1, -0.05) is 13.3 Å². The molecule has 0 aliphatic heterocycles. The Bertz CT molecular complexity index is 1150. The molecule has 1 atom stereocenters. The Labute approximate surface area is 182 Å². The van der Waals surface area contributed by atoms with Gasteiger partial charge in [0.05, 0.1) is 23.2 Å². The molecule has 2 N–H and O–H groups in total. The summed E-state index contributed by atoms with van der Waals surface area (Å²) in [5.74, 6) is 1.27. The molecule has 6 heteroatoms. The van der Waals surface area contributed by atoms with Gasteiger partial charge >= 0.3 is 0 Å². The van der Waals surface area contributed by atoms with Gasteiger partial charge in [0, 0.05) is 40.6 Å². The molecule has 31 heavy (non-hydrogen) atoms. The van der Waals surface area contributed by atoms with Crippen LogP contribution < -0.4 is 5.32 Å². The number of rotatable bonds is 7. The van der Waals surface area contributed by atoms with Crippen LogP contribution >= 0.6 is 0 Å². The summed E-state index contributed by atoms with van der Waals surface area (Å²) >= 11 is 0. The first-order valence-electron chi connectivity index (χ1n) is 11.3. The molecule has 0 bridgehead atoms. The molecule has 1 unspecified atom stereocenters. The lowest BCUT2D eigenvalue weighted by Gasteiger charge is -2.14. The van der Waals surface area contributed by atoms with Crippen LogP contribution in [0.2, 0.25) is 0 Å². The van der Waals surface area contributed by atoms with Crippen molar-refractivity contribution in [3.8, 4) is 11.3 Å². The Morgan fingerprint density at radius 3 is 2.65 bits per heavy atom. The van der Waals surface area contributed by atoms with Gasteiger partial charge in [0.1, 0.15) is 5.82 Å². The number of pyridine rings is 3. The Morgan fingerprint density at radius 1 is 1.16 bits per heavy atom. The minimum atomic E-state index is -0.530. The predicted octanol–water partition coefficient (Wildman–Crippen LogP) is 5.06. The van der Waals surface area contributed by atoms with Crippen molar-refractivity contribution in [3.63, 3.8) is 0 Å². The maximum atomic E-state index is 12.1. The summed E-state index contributed by atoms with van der Waals surface area (Å²) in [6.45, 7) is 4.09. The van der Waals surface area contributed by atoms with Gasteiger partial charge in [-0.3, -0.25) is 14.8 Å². The molecule has 6 nitrogen and oxygen atoms in total. The van der Waals surface area contributed by atoms with Gasteiger partial charge in [0.2, 0.25) is 5.91 Å². The first-order chi connectivity index (χ1) is 15.0. The Morgan fingerprint density at radius 2 is 1.97 bits per heavy atom. The minimum Gasteiger partial charge on any atom is -0.387 e. The van der Waals surface area contributed by atoms with Crippen LogP contribution in [0.1, 0.15) is 74.4 Å². The summed E-state index contributed by atoms with van der Waals surface area (Å²) in [5.41, 5.74) is 4.69. The fourth-order valence-corrected chi connectivity index (χ4v) is 4.07. The largest absolute Gasteiger partial charge is 0.387 e. The van der Waals surface area contributed by atoms with Crippen molar-refractivity contribution in [2.45, 2.75) is 64.4 Å². The third kappa shape index (κ3) is 4.17. The van der Waals surface area contributed by atoms with Crippen LogP contribution in [0, 0.1) is 12.8 Å². The van der Waals surface area contributed by atoms with Gasteiger partial charge in [0.25, 0.3) is 0 Å². The summed E-state index contributed by atoms with van der Waals surface area (Å²) < 4.78 is 0. The van der Waals surface area contributed by atoms with Gasteiger partial charge in [-0.25, -0.2) is 4.98 Å². The minimum absolute atomic E-state index is 0.0662. The summed E-state index contributed by atoms with van der Waals surface area (Å²) in [6, 6.07) is 5.98. The van der Waals surface area contributed by atoms with E-state index in [-0.39, 0.29) is 11.8 Å². The Kier molecular flexibility index (Phi) is 5.18. The van der Waals surface area contributed by atoms with E-state index in [0.29, 0.717) is 23.9 Å². The van der Waals surface area contributed by atoms with Crippen molar-refractivity contribution >= 4 is 22.5 Å². The third-order valence-corrected chi connectivity index (χ3v) is 6.22. The number of carbonyl (C=O) groups excluding carboxylic acids is 1. The van der Waals surface area contributed by atoms with Crippen molar-refractivity contribution in [2.24, 2.45) is 5.92 Å². The maximum Gasteiger partial charge on any atom is 0.228 e. The van der Waals surface area contributed by atoms with E-state index < -0.39 is 6.10 Å². The predicted molar refractivity (Wildman–Crippen MR) is 121 cm³/mol. The van der Waals surface area contributed by atoms with Gasteiger partial charge in [-0.15, -0.1) is 0 Å². The molecule has 3 heterocycles. The normalized spacial score (nSPS) is 17.0. The van der Waals surface area contributed by atoms with Gasteiger partial charge < -0.3 is 10.4 Å². The second-order valence-corrected chi connectivity index (χ2v) is 8.95. The lowest BCUT2D eigenvalue weighted by Crippen LogP contribution is -2.14. The third-order valence-electron chi connectivity index (χ3n) is 6.22. The number of nitrogens with zero attached hydrogens (tertiary/aromatic N) is 3. The lowest BCUT2D eigenvalue weighted by atomic mass is 10.0. The van der Waals surface area contributed by atoms with Gasteiger partial charge in [-0.2, -0.15) is 0 Å². The van der Waals surface area contributed by atoms with E-state index in [1.807, 2.05) is 37.5 Å². The van der Waals surface area contributed by atoms with Gasteiger partial charge in [-0.05, 0) is 62.8 Å². The summed E-state index contributed by atoms with van der Waals surface area (Å²) in [5, 5.41) is 15.3. The van der Waals surface area contributed by atoms with Crippen LogP contribution in [0.25, 0.3) is 22.0 Å². The number of nitrogens with one attached hydrogen (secondary N) is 1. The average Bonchev–Trinajstić information content (AvgIpc) is 3.65. The summed E-state index contributed by atoms with van der Waals surface area (Å²) in [7, 11) is 0. The summed E-state index contributed by atoms with van der Waals surface area (Å²) in [6.07, 6.45) is 8.96. The molecule has 0 spiro atoms. The number of carbonyl (C=O) groups is 1. The number of amides is 1. The number of anilines is 1. The van der Waals surface area contributed by atoms with E-state index in [1.54, 1.807) is 0 Å². The topological polar surface area (TPSA) is 88.0 Å². The van der Waals surface area contributed by atoms with Crippen molar-refractivity contribution in [2.75, 3.05) is 5.32 Å². The van der Waals surface area contributed by atoms with E-state index >= 15 is 0 Å². The molecule has 0 saturated heterocycles. The van der Waals surface area contributed by atoms with Crippen LogP contribution in [-0.4, -0.2) is 26.0 Å². The first kappa shape index (κ1) is 20.1. The molecule has 2 aliphatic rings. The highest BCUT2D eigenvalue weighted by molar-refractivity contribution is 5.96. The fourth-order valence-electron chi connectivity index (χ4n) is 4.07. The highest BCUT2D eigenvalue weighted by Gasteiger charge is 2.31. The van der Waals surface area contributed by atoms with Crippen LogP contribution in [0.3, 0.4) is 0 Å². The molecule has 0 radical (unpaired) electrons. The molecular weight excluding hydrogens is 388 g/mol. The molecule has 0 aromatic carbocycles. The smallest absolute Gasteiger partial charge is 0.228 e. The Hall–Kier alpha value is -2.86. The second kappa shape index (κ2) is 8.00. The molecule has 2 aliphatic carbocycles. The second-order valence-electron chi connectivity index (χ2n) is 8.95. The highest BCUT2D eigenvalue weighted by atomic mass is 16.3. The molecular formula is C25H28N4O2. The molecule has 160 valence electrons.